The van der Waals surface area contributed by atoms with Gasteiger partial charge in [0.15, 0.2) is 0 Å². The fourth-order valence-electron chi connectivity index (χ4n) is 1.22. The number of imidazole rings is 1. The van der Waals surface area contributed by atoms with Gasteiger partial charge in [0.1, 0.15) is 0 Å². The van der Waals surface area contributed by atoms with E-state index in [0.29, 0.717) is 16.3 Å². The Balaban J connectivity index is 2.68. The summed E-state index contributed by atoms with van der Waals surface area (Å²) in [6.07, 6.45) is 3.14. The van der Waals surface area contributed by atoms with Crippen molar-refractivity contribution in [3.05, 3.63) is 58.6 Å². The molecule has 3 nitrogen and oxygen atoms in total. The lowest BCUT2D eigenvalue weighted by Gasteiger charge is -2.04. The Bertz CT molecular complexity index is 513. The standard InChI is InChI=1S/C10H7ClN2O/c1-7-2-3-8(11)9(6-7)13-5-4-12-10(13)14/h1-6H,(H,12,14). The van der Waals surface area contributed by atoms with E-state index in [1.165, 1.54) is 4.57 Å². The second-order valence-corrected chi connectivity index (χ2v) is 3.25. The molecule has 70 valence electrons. The van der Waals surface area contributed by atoms with Crippen molar-refractivity contribution < 1.29 is 0 Å². The van der Waals surface area contributed by atoms with Crippen molar-refractivity contribution in [3.8, 4) is 5.69 Å². The predicted octanol–water partition coefficient (Wildman–Crippen LogP) is 1.88. The third kappa shape index (κ3) is 1.46. The highest BCUT2D eigenvalue weighted by Crippen LogP contribution is 2.19. The summed E-state index contributed by atoms with van der Waals surface area (Å²) in [5.74, 6) is 0. The van der Waals surface area contributed by atoms with Gasteiger partial charge in [-0.25, -0.2) is 4.79 Å². The van der Waals surface area contributed by atoms with Crippen LogP contribution in [-0.2, 0) is 0 Å². The number of hydrogen-bond donors (Lipinski definition) is 1. The van der Waals surface area contributed by atoms with Crippen LogP contribution in [0.2, 0.25) is 5.02 Å². The third-order valence-corrected chi connectivity index (χ3v) is 2.20. The SMILES string of the molecule is [CH]c1ccc(Cl)c(-n2cc[nH]c2=O)c1. The molecule has 2 radical (unpaired) electrons. The third-order valence-electron chi connectivity index (χ3n) is 1.88. The lowest BCUT2D eigenvalue weighted by atomic mass is 10.2. The van der Waals surface area contributed by atoms with Gasteiger partial charge in [0.2, 0.25) is 0 Å². The molecule has 0 bridgehead atoms. The number of H-pyrrole nitrogens is 1. The van der Waals surface area contributed by atoms with Gasteiger partial charge in [-0.15, -0.1) is 0 Å². The Morgan fingerprint density at radius 2 is 2.21 bits per heavy atom. The molecule has 4 heteroatoms. The van der Waals surface area contributed by atoms with Gasteiger partial charge in [0.05, 0.1) is 10.7 Å². The summed E-state index contributed by atoms with van der Waals surface area (Å²) in [6.45, 7) is 5.60. The first-order valence-corrected chi connectivity index (χ1v) is 4.38. The normalized spacial score (nSPS) is 10.4. The second kappa shape index (κ2) is 3.35. The highest BCUT2D eigenvalue weighted by Gasteiger charge is 2.04. The van der Waals surface area contributed by atoms with Crippen molar-refractivity contribution in [1.82, 2.24) is 9.55 Å². The first-order chi connectivity index (χ1) is 6.68. The summed E-state index contributed by atoms with van der Waals surface area (Å²) in [5, 5.41) is 0.487. The number of aromatic amines is 1. The van der Waals surface area contributed by atoms with Crippen molar-refractivity contribution in [3.63, 3.8) is 0 Å². The number of hydrogen-bond acceptors (Lipinski definition) is 1. The zero-order valence-corrected chi connectivity index (χ0v) is 7.95. The van der Waals surface area contributed by atoms with E-state index in [9.17, 15) is 4.79 Å². The molecule has 0 saturated carbocycles. The molecule has 2 aromatic rings. The lowest BCUT2D eigenvalue weighted by molar-refractivity contribution is 0.986. The first-order valence-electron chi connectivity index (χ1n) is 4.00. The molecule has 0 aliphatic rings. The molecule has 0 unspecified atom stereocenters. The number of aromatic nitrogens is 2. The van der Waals surface area contributed by atoms with E-state index >= 15 is 0 Å². The molecule has 0 aliphatic carbocycles. The van der Waals surface area contributed by atoms with Crippen LogP contribution in [0, 0.1) is 6.92 Å². The van der Waals surface area contributed by atoms with Crippen molar-refractivity contribution in [2.75, 3.05) is 0 Å². The summed E-state index contributed by atoms with van der Waals surface area (Å²) < 4.78 is 1.40. The monoisotopic (exact) mass is 206 g/mol. The van der Waals surface area contributed by atoms with E-state index in [1.807, 2.05) is 0 Å². The van der Waals surface area contributed by atoms with Crippen LogP contribution in [-0.4, -0.2) is 9.55 Å². The molecular weight excluding hydrogens is 200 g/mol. The molecule has 1 heterocycles. The Morgan fingerprint density at radius 1 is 1.43 bits per heavy atom. The van der Waals surface area contributed by atoms with E-state index in [4.69, 9.17) is 18.5 Å². The van der Waals surface area contributed by atoms with Crippen LogP contribution in [0.25, 0.3) is 5.69 Å². The van der Waals surface area contributed by atoms with Crippen molar-refractivity contribution >= 4 is 11.6 Å². The molecule has 1 N–H and O–H groups in total. The first kappa shape index (κ1) is 9.09. The van der Waals surface area contributed by atoms with Crippen molar-refractivity contribution in [2.45, 2.75) is 0 Å². The summed E-state index contributed by atoms with van der Waals surface area (Å²) in [5.41, 5.74) is 0.910. The lowest BCUT2D eigenvalue weighted by Crippen LogP contribution is -2.14. The van der Waals surface area contributed by atoms with Gasteiger partial charge in [0, 0.05) is 12.4 Å². The maximum atomic E-state index is 11.3. The summed E-state index contributed by atoms with van der Waals surface area (Å²) in [6, 6.07) is 4.99. The fraction of sp³-hybridized carbons (Fsp3) is 0. The largest absolute Gasteiger partial charge is 0.330 e. The molecule has 0 fully saturated rings. The minimum absolute atomic E-state index is 0.238. The predicted molar refractivity (Wildman–Crippen MR) is 54.8 cm³/mol. The van der Waals surface area contributed by atoms with Crippen molar-refractivity contribution in [2.24, 2.45) is 0 Å². The molecule has 2 rings (SSSR count). The van der Waals surface area contributed by atoms with E-state index in [2.05, 4.69) is 4.98 Å². The number of rotatable bonds is 1. The quantitative estimate of drug-likeness (QED) is 0.760. The van der Waals surface area contributed by atoms with E-state index in [1.54, 1.807) is 30.6 Å². The molecule has 0 aliphatic heterocycles. The van der Waals surface area contributed by atoms with Crippen LogP contribution < -0.4 is 5.69 Å². The van der Waals surface area contributed by atoms with Gasteiger partial charge in [-0.1, -0.05) is 17.7 Å². The average molecular weight is 207 g/mol. The average Bonchev–Trinajstić information content (AvgIpc) is 2.56. The minimum Gasteiger partial charge on any atom is -0.312 e. The van der Waals surface area contributed by atoms with E-state index in [-0.39, 0.29) is 5.69 Å². The van der Waals surface area contributed by atoms with Gasteiger partial charge in [-0.2, -0.15) is 0 Å². The Morgan fingerprint density at radius 3 is 2.86 bits per heavy atom. The van der Waals surface area contributed by atoms with E-state index in [0.717, 1.165) is 0 Å². The van der Waals surface area contributed by atoms with Crippen LogP contribution in [0.15, 0.2) is 35.4 Å². The maximum absolute atomic E-state index is 11.3. The summed E-state index contributed by atoms with van der Waals surface area (Å²) >= 11 is 5.93. The Labute approximate surface area is 86.0 Å². The van der Waals surface area contributed by atoms with Crippen LogP contribution in [0.5, 0.6) is 0 Å². The highest BCUT2D eigenvalue weighted by molar-refractivity contribution is 6.32. The van der Waals surface area contributed by atoms with Crippen molar-refractivity contribution in [1.29, 1.82) is 0 Å². The summed E-state index contributed by atoms with van der Waals surface area (Å²) in [4.78, 5) is 13.8. The van der Waals surface area contributed by atoms with Gasteiger partial charge in [-0.3, -0.25) is 4.57 Å². The molecule has 0 saturated heterocycles. The molecule has 1 aromatic heterocycles. The number of halogens is 1. The van der Waals surface area contributed by atoms with Crippen LogP contribution in [0.4, 0.5) is 0 Å². The maximum Gasteiger partial charge on any atom is 0.330 e. The van der Waals surface area contributed by atoms with Gasteiger partial charge >= 0.3 is 5.69 Å². The van der Waals surface area contributed by atoms with Gasteiger partial charge < -0.3 is 4.98 Å². The zero-order valence-electron chi connectivity index (χ0n) is 7.20. The smallest absolute Gasteiger partial charge is 0.312 e. The molecule has 0 spiro atoms. The fourth-order valence-corrected chi connectivity index (χ4v) is 1.43. The Hall–Kier alpha value is -1.48. The molecule has 0 amide bonds. The topological polar surface area (TPSA) is 37.8 Å². The Kier molecular flexibility index (Phi) is 2.17. The molecule has 14 heavy (non-hydrogen) atoms. The van der Waals surface area contributed by atoms with E-state index < -0.39 is 0 Å². The number of nitrogens with zero attached hydrogens (tertiary/aromatic N) is 1. The van der Waals surface area contributed by atoms with Crippen LogP contribution in [0.1, 0.15) is 5.56 Å². The summed E-state index contributed by atoms with van der Waals surface area (Å²) in [7, 11) is 0. The van der Waals surface area contributed by atoms with Gasteiger partial charge in [0.25, 0.3) is 0 Å². The van der Waals surface area contributed by atoms with Gasteiger partial charge in [-0.05, 0) is 24.6 Å². The zero-order chi connectivity index (χ0) is 10.1. The van der Waals surface area contributed by atoms with Crippen LogP contribution in [0.3, 0.4) is 0 Å². The molecular formula is C10H7ClN2O. The molecule has 0 atom stereocenters. The van der Waals surface area contributed by atoms with Crippen LogP contribution >= 0.6 is 11.6 Å². The number of benzene rings is 1. The number of nitrogens with one attached hydrogen (secondary N) is 1. The minimum atomic E-state index is -0.238. The highest BCUT2D eigenvalue weighted by atomic mass is 35.5. The molecule has 1 aromatic carbocycles. The second-order valence-electron chi connectivity index (χ2n) is 2.85.